The minimum atomic E-state index is -4.30. The van der Waals surface area contributed by atoms with E-state index in [-0.39, 0.29) is 23.3 Å². The zero-order valence-electron chi connectivity index (χ0n) is 11.3. The number of hydrogen-bond donors (Lipinski definition) is 0. The van der Waals surface area contributed by atoms with E-state index in [1.165, 1.54) is 29.2 Å². The van der Waals surface area contributed by atoms with Gasteiger partial charge in [-0.25, -0.2) is 0 Å². The van der Waals surface area contributed by atoms with Crippen LogP contribution >= 0.6 is 23.4 Å². The van der Waals surface area contributed by atoms with Crippen LogP contribution in [0.5, 0.6) is 5.75 Å². The Morgan fingerprint density at radius 3 is 2.38 bits per heavy atom. The van der Waals surface area contributed by atoms with E-state index in [9.17, 15) is 18.0 Å². The number of benzene rings is 1. The molecule has 0 saturated carbocycles. The molecule has 3 nitrogen and oxygen atoms in total. The number of carbonyl (C=O) groups is 1. The quantitative estimate of drug-likeness (QED) is 0.407. The maximum Gasteiger partial charge on any atom is 0.446 e. The molecule has 0 radical (unpaired) electrons. The summed E-state index contributed by atoms with van der Waals surface area (Å²) in [4.78, 5) is 12.6. The number of ether oxygens (including phenoxy) is 1. The van der Waals surface area contributed by atoms with E-state index < -0.39 is 10.9 Å². The van der Waals surface area contributed by atoms with Crippen molar-refractivity contribution in [1.29, 1.82) is 0 Å². The van der Waals surface area contributed by atoms with E-state index in [0.29, 0.717) is 18.8 Å². The second kappa shape index (κ2) is 8.38. The lowest BCUT2D eigenvalue weighted by Gasteiger charge is -2.18. The number of thioether (sulfide) groups is 1. The molecule has 0 aromatic heterocycles. The van der Waals surface area contributed by atoms with Crippen molar-refractivity contribution in [2.24, 2.45) is 0 Å². The summed E-state index contributed by atoms with van der Waals surface area (Å²) >= 11 is 5.23. The van der Waals surface area contributed by atoms with E-state index in [0.717, 1.165) is 6.42 Å². The van der Waals surface area contributed by atoms with E-state index >= 15 is 0 Å². The van der Waals surface area contributed by atoms with Gasteiger partial charge in [0.15, 0.2) is 0 Å². The largest absolute Gasteiger partial charge is 0.492 e. The summed E-state index contributed by atoms with van der Waals surface area (Å²) in [5.74, 6) is 0.444. The molecule has 0 unspecified atom stereocenters. The molecule has 0 aliphatic carbocycles. The molecule has 0 fully saturated rings. The molecular formula is C13H15ClF3NO2S. The summed E-state index contributed by atoms with van der Waals surface area (Å²) in [6.07, 6.45) is 0.780. The zero-order chi connectivity index (χ0) is 15.9. The molecule has 0 aliphatic rings. The predicted octanol–water partition coefficient (Wildman–Crippen LogP) is 4.75. The molecule has 0 spiro atoms. The van der Waals surface area contributed by atoms with Gasteiger partial charge in [-0.05, 0) is 54.0 Å². The summed E-state index contributed by atoms with van der Waals surface area (Å²) in [7, 11) is 0. The zero-order valence-corrected chi connectivity index (χ0v) is 12.9. The molecule has 0 heterocycles. The van der Waals surface area contributed by atoms with Gasteiger partial charge in [-0.15, -0.1) is 0 Å². The standard InChI is InChI=1S/C13H15ClF3NO2S/c1-2-7-18(12(14)19)8-9-20-10-3-5-11(6-4-10)21-13(15,16)17/h3-6H,2,7-9H2,1H3. The Balaban J connectivity index is 2.44. The Morgan fingerprint density at radius 2 is 1.90 bits per heavy atom. The Bertz CT molecular complexity index is 454. The van der Waals surface area contributed by atoms with Gasteiger partial charge in [0, 0.05) is 11.4 Å². The molecule has 1 aromatic rings. The number of nitrogens with zero attached hydrogens (tertiary/aromatic N) is 1. The SMILES string of the molecule is CCCN(CCOc1ccc(SC(F)(F)F)cc1)C(=O)Cl. The van der Waals surface area contributed by atoms with Crippen molar-refractivity contribution < 1.29 is 22.7 Å². The first-order chi connectivity index (χ1) is 9.81. The third-order valence-corrected chi connectivity index (χ3v) is 3.41. The molecule has 0 bridgehead atoms. The Hall–Kier alpha value is -1.08. The number of rotatable bonds is 7. The second-order valence-corrected chi connectivity index (χ2v) is 5.57. The lowest BCUT2D eigenvalue weighted by Crippen LogP contribution is -2.31. The van der Waals surface area contributed by atoms with Crippen LogP contribution in [0.25, 0.3) is 0 Å². The van der Waals surface area contributed by atoms with Crippen molar-refractivity contribution in [3.8, 4) is 5.75 Å². The molecule has 1 amide bonds. The van der Waals surface area contributed by atoms with Gasteiger partial charge in [0.1, 0.15) is 12.4 Å². The van der Waals surface area contributed by atoms with E-state index in [2.05, 4.69) is 0 Å². The molecule has 21 heavy (non-hydrogen) atoms. The number of alkyl halides is 3. The van der Waals surface area contributed by atoms with E-state index in [4.69, 9.17) is 16.3 Å². The van der Waals surface area contributed by atoms with Gasteiger partial charge < -0.3 is 9.64 Å². The monoisotopic (exact) mass is 341 g/mol. The van der Waals surface area contributed by atoms with Crippen molar-refractivity contribution in [2.75, 3.05) is 19.7 Å². The van der Waals surface area contributed by atoms with Crippen LogP contribution in [0.15, 0.2) is 29.2 Å². The maximum atomic E-state index is 12.2. The summed E-state index contributed by atoms with van der Waals surface area (Å²) in [5.41, 5.74) is -4.30. The molecular weight excluding hydrogens is 327 g/mol. The van der Waals surface area contributed by atoms with Crippen molar-refractivity contribution in [1.82, 2.24) is 4.90 Å². The second-order valence-electron chi connectivity index (χ2n) is 4.11. The molecule has 118 valence electrons. The number of carbonyl (C=O) groups excluding carboxylic acids is 1. The van der Waals surface area contributed by atoms with Gasteiger partial charge >= 0.3 is 10.9 Å². The first-order valence-corrected chi connectivity index (χ1v) is 7.44. The smallest absolute Gasteiger partial charge is 0.446 e. The fourth-order valence-corrected chi connectivity index (χ4v) is 2.28. The lowest BCUT2D eigenvalue weighted by atomic mass is 10.3. The lowest BCUT2D eigenvalue weighted by molar-refractivity contribution is -0.0328. The number of hydrogen-bond acceptors (Lipinski definition) is 3. The molecule has 0 atom stereocenters. The molecule has 8 heteroatoms. The minimum Gasteiger partial charge on any atom is -0.492 e. The van der Waals surface area contributed by atoms with Crippen molar-refractivity contribution in [3.05, 3.63) is 24.3 Å². The van der Waals surface area contributed by atoms with Gasteiger partial charge in [-0.3, -0.25) is 4.79 Å². The van der Waals surface area contributed by atoms with Gasteiger partial charge in [0.2, 0.25) is 0 Å². The molecule has 1 aromatic carbocycles. The van der Waals surface area contributed by atoms with Gasteiger partial charge in [0.25, 0.3) is 0 Å². The van der Waals surface area contributed by atoms with Crippen LogP contribution in [-0.4, -0.2) is 35.5 Å². The van der Waals surface area contributed by atoms with Crippen molar-refractivity contribution >= 4 is 28.7 Å². The van der Waals surface area contributed by atoms with Crippen LogP contribution in [0.1, 0.15) is 13.3 Å². The fraction of sp³-hybridized carbons (Fsp3) is 0.462. The minimum absolute atomic E-state index is 0.0957. The van der Waals surface area contributed by atoms with E-state index in [1.54, 1.807) is 0 Å². The Morgan fingerprint density at radius 1 is 1.29 bits per heavy atom. The highest BCUT2D eigenvalue weighted by atomic mass is 35.5. The third kappa shape index (κ3) is 7.47. The number of halogens is 4. The summed E-state index contributed by atoms with van der Waals surface area (Å²) < 4.78 is 41.9. The highest BCUT2D eigenvalue weighted by Crippen LogP contribution is 2.37. The Labute approximate surface area is 130 Å². The average molecular weight is 342 g/mol. The van der Waals surface area contributed by atoms with Crippen LogP contribution < -0.4 is 4.74 Å². The van der Waals surface area contributed by atoms with Gasteiger partial charge in [-0.1, -0.05) is 6.92 Å². The molecule has 0 aliphatic heterocycles. The average Bonchev–Trinajstić information content (AvgIpc) is 2.38. The summed E-state index contributed by atoms with van der Waals surface area (Å²) in [6, 6.07) is 5.59. The highest BCUT2D eigenvalue weighted by molar-refractivity contribution is 8.00. The first kappa shape index (κ1) is 18.0. The highest BCUT2D eigenvalue weighted by Gasteiger charge is 2.29. The fourth-order valence-electron chi connectivity index (χ4n) is 1.57. The van der Waals surface area contributed by atoms with E-state index in [1.807, 2.05) is 6.92 Å². The van der Waals surface area contributed by atoms with Crippen molar-refractivity contribution in [3.63, 3.8) is 0 Å². The normalized spacial score (nSPS) is 11.3. The first-order valence-electron chi connectivity index (χ1n) is 6.25. The molecule has 0 saturated heterocycles. The predicted molar refractivity (Wildman–Crippen MR) is 77.0 cm³/mol. The summed E-state index contributed by atoms with van der Waals surface area (Å²) in [6.45, 7) is 3.01. The molecule has 1 rings (SSSR count). The van der Waals surface area contributed by atoms with Crippen LogP contribution in [0.3, 0.4) is 0 Å². The number of amides is 1. The molecule has 0 N–H and O–H groups in total. The van der Waals surface area contributed by atoms with Crippen LogP contribution in [-0.2, 0) is 0 Å². The third-order valence-electron chi connectivity index (χ3n) is 2.43. The van der Waals surface area contributed by atoms with Crippen LogP contribution in [0.2, 0.25) is 0 Å². The Kier molecular flexibility index (Phi) is 7.17. The summed E-state index contributed by atoms with van der Waals surface area (Å²) in [5, 5.41) is -0.544. The van der Waals surface area contributed by atoms with Gasteiger partial charge in [-0.2, -0.15) is 13.2 Å². The van der Waals surface area contributed by atoms with Crippen molar-refractivity contribution in [2.45, 2.75) is 23.7 Å². The van der Waals surface area contributed by atoms with Crippen LogP contribution in [0, 0.1) is 0 Å². The van der Waals surface area contributed by atoms with Gasteiger partial charge in [0.05, 0.1) is 6.54 Å². The maximum absolute atomic E-state index is 12.2. The van der Waals surface area contributed by atoms with Crippen LogP contribution in [0.4, 0.5) is 18.0 Å². The topological polar surface area (TPSA) is 29.5 Å².